The van der Waals surface area contributed by atoms with Crippen LogP contribution in [0.3, 0.4) is 0 Å². The molecule has 0 N–H and O–H groups in total. The molecule has 0 spiro atoms. The first-order valence-electron chi connectivity index (χ1n) is 14.1. The fraction of sp³-hybridized carbons (Fsp3) is 0.294. The fourth-order valence-electron chi connectivity index (χ4n) is 5.28. The van der Waals surface area contributed by atoms with Crippen LogP contribution in [0.4, 0.5) is 0 Å². The van der Waals surface area contributed by atoms with E-state index < -0.39 is 32.0 Å². The molecule has 4 aromatic carbocycles. The van der Waals surface area contributed by atoms with Gasteiger partial charge in [-0.3, -0.25) is 0 Å². The molecule has 0 bridgehead atoms. The normalized spacial score (nSPS) is 13.5. The maximum absolute atomic E-state index is 6.21. The molecule has 0 radical (unpaired) electrons. The first-order chi connectivity index (χ1) is 19.1. The Morgan fingerprint density at radius 1 is 0.475 bits per heavy atom. The number of methoxy groups -OCH3 is 2. The lowest BCUT2D eigenvalue weighted by Gasteiger charge is -2.29. The summed E-state index contributed by atoms with van der Waals surface area (Å²) in [4.78, 5) is 0. The predicted molar refractivity (Wildman–Crippen MR) is 187 cm³/mol. The van der Waals surface area contributed by atoms with Crippen molar-refractivity contribution in [1.82, 2.24) is 0 Å². The van der Waals surface area contributed by atoms with Gasteiger partial charge in [0.1, 0.15) is 11.5 Å². The van der Waals surface area contributed by atoms with Gasteiger partial charge in [-0.15, -0.1) is 0 Å². The van der Waals surface area contributed by atoms with E-state index in [1.165, 1.54) is 31.6 Å². The molecule has 0 aromatic heterocycles. The predicted octanol–water partition coefficient (Wildman–Crippen LogP) is 6.36. The van der Waals surface area contributed by atoms with Gasteiger partial charge in [0.25, 0.3) is 0 Å². The molecule has 0 saturated carbocycles. The lowest BCUT2D eigenvalue weighted by Crippen LogP contribution is -2.41. The average Bonchev–Trinajstić information content (AvgIpc) is 2.94. The Bertz CT molecular complexity index is 1290. The number of rotatable bonds is 11. The van der Waals surface area contributed by atoms with E-state index in [-0.39, 0.29) is 0 Å². The summed E-state index contributed by atoms with van der Waals surface area (Å²) in [7, 11) is -0.704. The van der Waals surface area contributed by atoms with Crippen molar-refractivity contribution in [2.24, 2.45) is 0 Å². The second-order valence-electron chi connectivity index (χ2n) is 12.2. The minimum absolute atomic E-state index is 0.617. The van der Waals surface area contributed by atoms with Crippen molar-refractivity contribution in [1.29, 1.82) is 0 Å². The quantitative estimate of drug-likeness (QED) is 0.147. The van der Waals surface area contributed by atoms with E-state index in [4.69, 9.17) is 9.47 Å². The summed E-state index contributed by atoms with van der Waals surface area (Å²) >= 11 is 0. The first-order valence-corrected chi connectivity index (χ1v) is 24.1. The minimum Gasteiger partial charge on any atom is -0.496 e. The molecule has 0 fully saturated rings. The van der Waals surface area contributed by atoms with E-state index in [0.717, 1.165) is 23.8 Å². The second-order valence-corrected chi connectivity index (χ2v) is 26.9. The average molecular weight is 603 g/mol. The Morgan fingerprint density at radius 3 is 1.12 bits per heavy atom. The molecule has 2 unspecified atom stereocenters. The Labute approximate surface area is 246 Å². The zero-order valence-electron chi connectivity index (χ0n) is 25.4. The summed E-state index contributed by atoms with van der Waals surface area (Å²) < 4.78 is 12.4. The highest BCUT2D eigenvalue weighted by Gasteiger charge is 2.29. The van der Waals surface area contributed by atoms with Gasteiger partial charge in [0.2, 0.25) is 0 Å². The Morgan fingerprint density at radius 2 is 0.825 bits per heavy atom. The van der Waals surface area contributed by atoms with Gasteiger partial charge in [-0.05, 0) is 49.1 Å². The summed E-state index contributed by atoms with van der Waals surface area (Å²) in [6.45, 7) is 14.5. The Balaban J connectivity index is 1.83. The molecule has 0 heterocycles. The van der Waals surface area contributed by atoms with Crippen LogP contribution in [0.5, 0.6) is 11.5 Å². The van der Waals surface area contributed by atoms with E-state index in [1.54, 1.807) is 0 Å². The molecule has 0 amide bonds. The third-order valence-electron chi connectivity index (χ3n) is 7.28. The van der Waals surface area contributed by atoms with Gasteiger partial charge in [0, 0.05) is 10.6 Å². The second kappa shape index (κ2) is 13.2. The molecule has 6 heteroatoms. The summed E-state index contributed by atoms with van der Waals surface area (Å²) in [5.74, 6) is 2.22. The first kappa shape index (κ1) is 30.7. The summed E-state index contributed by atoms with van der Waals surface area (Å²) in [6, 6.07) is 35.9. The van der Waals surface area contributed by atoms with Crippen LogP contribution in [0, 0.1) is 0 Å². The fourth-order valence-corrected chi connectivity index (χ4v) is 14.2. The third kappa shape index (κ3) is 6.97. The highest BCUT2D eigenvalue weighted by atomic mass is 31.1. The molecule has 210 valence electrons. The maximum Gasteiger partial charge on any atom is 0.126 e. The largest absolute Gasteiger partial charge is 0.496 e. The van der Waals surface area contributed by atoms with E-state index in [9.17, 15) is 0 Å². The number of para-hydroxylation sites is 2. The number of ether oxygens (including phenoxy) is 2. The minimum atomic E-state index is -1.59. The van der Waals surface area contributed by atoms with Gasteiger partial charge in [0.05, 0.1) is 30.4 Å². The van der Waals surface area contributed by atoms with Crippen molar-refractivity contribution in [2.45, 2.75) is 39.3 Å². The van der Waals surface area contributed by atoms with Gasteiger partial charge in [-0.25, -0.2) is 0 Å². The third-order valence-corrected chi connectivity index (χ3v) is 16.7. The number of hydrogen-bond donors (Lipinski definition) is 0. The Kier molecular flexibility index (Phi) is 10.1. The van der Waals surface area contributed by atoms with Crippen LogP contribution in [0.2, 0.25) is 39.3 Å². The molecule has 0 aliphatic heterocycles. The van der Waals surface area contributed by atoms with Crippen molar-refractivity contribution in [2.75, 3.05) is 26.5 Å². The smallest absolute Gasteiger partial charge is 0.126 e. The number of hydrogen-bond acceptors (Lipinski definition) is 2. The van der Waals surface area contributed by atoms with Crippen LogP contribution in [0.15, 0.2) is 97.1 Å². The van der Waals surface area contributed by atoms with E-state index in [1.807, 2.05) is 14.2 Å². The monoisotopic (exact) mass is 602 g/mol. The summed E-state index contributed by atoms with van der Waals surface area (Å²) in [6.07, 6.45) is 2.18. The van der Waals surface area contributed by atoms with Crippen LogP contribution in [0.1, 0.15) is 0 Å². The molecular weight excluding hydrogens is 558 g/mol. The van der Waals surface area contributed by atoms with Gasteiger partial charge in [-0.2, -0.15) is 0 Å². The zero-order chi connectivity index (χ0) is 28.9. The molecule has 4 rings (SSSR count). The molecular formula is C34H44O2P2Si2. The van der Waals surface area contributed by atoms with Crippen LogP contribution in [-0.2, 0) is 0 Å². The molecule has 0 aliphatic carbocycles. The zero-order valence-corrected chi connectivity index (χ0v) is 29.2. The van der Waals surface area contributed by atoms with Crippen LogP contribution < -0.4 is 41.1 Å². The molecule has 40 heavy (non-hydrogen) atoms. The topological polar surface area (TPSA) is 18.5 Å². The van der Waals surface area contributed by atoms with Crippen molar-refractivity contribution < 1.29 is 9.47 Å². The lowest BCUT2D eigenvalue weighted by atomic mass is 10.3. The maximum atomic E-state index is 6.21. The van der Waals surface area contributed by atoms with Crippen LogP contribution in [0.25, 0.3) is 0 Å². The van der Waals surface area contributed by atoms with Crippen molar-refractivity contribution in [3.05, 3.63) is 97.1 Å². The van der Waals surface area contributed by atoms with Crippen molar-refractivity contribution >= 4 is 63.6 Å². The Hall–Kier alpha value is -2.23. The molecule has 2 nitrogen and oxygen atoms in total. The molecule has 0 saturated heterocycles. The van der Waals surface area contributed by atoms with Crippen LogP contribution in [-0.4, -0.2) is 42.7 Å². The van der Waals surface area contributed by atoms with Crippen LogP contribution >= 0.6 is 15.8 Å². The van der Waals surface area contributed by atoms with Gasteiger partial charge >= 0.3 is 0 Å². The number of benzene rings is 4. The molecule has 2 atom stereocenters. The highest BCUT2D eigenvalue weighted by Crippen LogP contribution is 2.44. The summed E-state index contributed by atoms with van der Waals surface area (Å²) in [5, 5.41) is 8.38. The SMILES string of the molecule is COc1c(P(CCP(c2ccccc2)c2cccc([Si](C)(C)C)c2OC)c2ccccc2)cccc1[Si](C)(C)C. The molecule has 0 aliphatic rings. The van der Waals surface area contributed by atoms with Crippen molar-refractivity contribution in [3.63, 3.8) is 0 Å². The lowest BCUT2D eigenvalue weighted by molar-refractivity contribution is 0.421. The van der Waals surface area contributed by atoms with E-state index in [2.05, 4.69) is 136 Å². The van der Waals surface area contributed by atoms with Crippen molar-refractivity contribution in [3.8, 4) is 11.5 Å². The highest BCUT2D eigenvalue weighted by molar-refractivity contribution is 7.77. The van der Waals surface area contributed by atoms with Gasteiger partial charge in [0.15, 0.2) is 0 Å². The van der Waals surface area contributed by atoms with Gasteiger partial charge < -0.3 is 9.47 Å². The van der Waals surface area contributed by atoms with Gasteiger partial charge in [-0.1, -0.05) is 136 Å². The summed E-state index contributed by atoms with van der Waals surface area (Å²) in [5.41, 5.74) is 0. The molecule has 4 aromatic rings. The standard InChI is InChI=1S/C34H44O2P2Si2/c1-35-33-29(21-15-23-31(33)39(3,4)5)37(27-17-11-9-12-18-27)25-26-38(28-19-13-10-14-20-28)30-22-16-24-32(34(30)36-2)40(6,7)8/h9-24H,25-26H2,1-8H3. The van der Waals surface area contributed by atoms with E-state index >= 15 is 0 Å². The van der Waals surface area contributed by atoms with E-state index in [0.29, 0.717) is 0 Å².